The van der Waals surface area contributed by atoms with E-state index in [1.54, 1.807) is 26.1 Å². The second kappa shape index (κ2) is 7.58. The lowest BCUT2D eigenvalue weighted by molar-refractivity contribution is -0.384. The molecule has 2 atom stereocenters. The maximum Gasteiger partial charge on any atom is 0.317 e. The highest BCUT2D eigenvalue weighted by atomic mass is 16.6. The van der Waals surface area contributed by atoms with Gasteiger partial charge in [-0.1, -0.05) is 19.1 Å². The average Bonchev–Trinajstić information content (AvgIpc) is 2.43. The number of rotatable bonds is 6. The number of likely N-dealkylation sites (N-methyl/N-ethyl adjacent to an activating group) is 1. The van der Waals surface area contributed by atoms with Gasteiger partial charge in [-0.05, 0) is 18.9 Å². The zero-order valence-corrected chi connectivity index (χ0v) is 12.4. The van der Waals surface area contributed by atoms with Crippen LogP contribution in [0.5, 0.6) is 0 Å². The SMILES string of the molecule is CCC(NC(=O)N(C)CC(C)O)c1cccc([N+](=O)[O-])c1. The third-order valence-electron chi connectivity index (χ3n) is 3.07. The number of hydrogen-bond donors (Lipinski definition) is 2. The summed E-state index contributed by atoms with van der Waals surface area (Å²) in [4.78, 5) is 23.7. The van der Waals surface area contributed by atoms with Gasteiger partial charge in [0.25, 0.3) is 5.69 Å². The van der Waals surface area contributed by atoms with Crippen LogP contribution in [0, 0.1) is 10.1 Å². The van der Waals surface area contributed by atoms with E-state index in [-0.39, 0.29) is 24.3 Å². The maximum absolute atomic E-state index is 12.0. The number of nitrogens with one attached hydrogen (secondary N) is 1. The van der Waals surface area contributed by atoms with Crippen LogP contribution in [0.4, 0.5) is 10.5 Å². The van der Waals surface area contributed by atoms with Gasteiger partial charge in [-0.15, -0.1) is 0 Å². The van der Waals surface area contributed by atoms with Crippen LogP contribution in [-0.4, -0.2) is 40.7 Å². The Morgan fingerprint density at radius 1 is 1.52 bits per heavy atom. The first-order valence-corrected chi connectivity index (χ1v) is 6.79. The number of carbonyl (C=O) groups excluding carboxylic acids is 1. The summed E-state index contributed by atoms with van der Waals surface area (Å²) in [7, 11) is 1.59. The summed E-state index contributed by atoms with van der Waals surface area (Å²) >= 11 is 0. The summed E-state index contributed by atoms with van der Waals surface area (Å²) in [5, 5.41) is 22.9. The molecule has 116 valence electrons. The molecule has 0 fully saturated rings. The van der Waals surface area contributed by atoms with Crippen molar-refractivity contribution >= 4 is 11.7 Å². The number of aliphatic hydroxyl groups is 1. The van der Waals surface area contributed by atoms with Crippen molar-refractivity contribution in [3.8, 4) is 0 Å². The van der Waals surface area contributed by atoms with E-state index in [2.05, 4.69) is 5.32 Å². The van der Waals surface area contributed by atoms with E-state index in [4.69, 9.17) is 0 Å². The van der Waals surface area contributed by atoms with Gasteiger partial charge in [-0.2, -0.15) is 0 Å². The molecule has 0 aliphatic rings. The van der Waals surface area contributed by atoms with Gasteiger partial charge in [0.2, 0.25) is 0 Å². The Labute approximate surface area is 123 Å². The molecule has 0 saturated heterocycles. The Bertz CT molecular complexity index is 505. The molecular formula is C14H21N3O4. The van der Waals surface area contributed by atoms with Gasteiger partial charge in [0.15, 0.2) is 0 Å². The van der Waals surface area contributed by atoms with E-state index in [0.717, 1.165) is 0 Å². The summed E-state index contributed by atoms with van der Waals surface area (Å²) in [6.07, 6.45) is -0.00580. The third-order valence-corrected chi connectivity index (χ3v) is 3.07. The van der Waals surface area contributed by atoms with Crippen molar-refractivity contribution in [1.82, 2.24) is 10.2 Å². The maximum atomic E-state index is 12.0. The number of aliphatic hydroxyl groups excluding tert-OH is 1. The third kappa shape index (κ3) is 5.03. The van der Waals surface area contributed by atoms with Crippen LogP contribution in [0.1, 0.15) is 31.9 Å². The highest BCUT2D eigenvalue weighted by Gasteiger charge is 2.18. The van der Waals surface area contributed by atoms with Crippen LogP contribution < -0.4 is 5.32 Å². The summed E-state index contributed by atoms with van der Waals surface area (Å²) in [5.41, 5.74) is 0.683. The van der Waals surface area contributed by atoms with Crippen molar-refractivity contribution in [2.24, 2.45) is 0 Å². The van der Waals surface area contributed by atoms with Gasteiger partial charge in [-0.25, -0.2) is 4.79 Å². The molecule has 0 aliphatic carbocycles. The number of nitro groups is 1. The van der Waals surface area contributed by atoms with Gasteiger partial charge in [0, 0.05) is 25.7 Å². The summed E-state index contributed by atoms with van der Waals surface area (Å²) < 4.78 is 0. The Morgan fingerprint density at radius 3 is 2.71 bits per heavy atom. The van der Waals surface area contributed by atoms with Crippen LogP contribution in [-0.2, 0) is 0 Å². The lowest BCUT2D eigenvalue weighted by atomic mass is 10.0. The number of benzene rings is 1. The Morgan fingerprint density at radius 2 is 2.19 bits per heavy atom. The number of nitrogens with zero attached hydrogens (tertiary/aromatic N) is 2. The molecule has 0 spiro atoms. The number of urea groups is 1. The van der Waals surface area contributed by atoms with Gasteiger partial charge < -0.3 is 15.3 Å². The topological polar surface area (TPSA) is 95.7 Å². The highest BCUT2D eigenvalue weighted by Crippen LogP contribution is 2.21. The molecule has 0 aliphatic heterocycles. The van der Waals surface area contributed by atoms with Gasteiger partial charge in [0.1, 0.15) is 0 Å². The van der Waals surface area contributed by atoms with Crippen LogP contribution >= 0.6 is 0 Å². The molecule has 7 heteroatoms. The molecule has 1 aromatic rings. The molecular weight excluding hydrogens is 274 g/mol. The van der Waals surface area contributed by atoms with E-state index >= 15 is 0 Å². The molecule has 1 aromatic carbocycles. The second-order valence-electron chi connectivity index (χ2n) is 4.99. The Hall–Kier alpha value is -2.15. The quantitative estimate of drug-likeness (QED) is 0.620. The molecule has 2 N–H and O–H groups in total. The molecule has 1 rings (SSSR count). The predicted octanol–water partition coefficient (Wildman–Crippen LogP) is 2.07. The number of carbonyl (C=O) groups is 1. The minimum absolute atomic E-state index is 0.00228. The fraction of sp³-hybridized carbons (Fsp3) is 0.500. The highest BCUT2D eigenvalue weighted by molar-refractivity contribution is 5.74. The molecule has 2 amide bonds. The second-order valence-corrected chi connectivity index (χ2v) is 4.99. The standard InChI is InChI=1S/C14H21N3O4/c1-4-13(15-14(19)16(3)9-10(2)18)11-6-5-7-12(8-11)17(20)21/h5-8,10,13,18H,4,9H2,1-3H3,(H,15,19). The lowest BCUT2D eigenvalue weighted by Crippen LogP contribution is -2.42. The van der Waals surface area contributed by atoms with Crippen LogP contribution in [0.25, 0.3) is 0 Å². The Balaban J connectivity index is 2.81. The molecule has 0 aromatic heterocycles. The Kier molecular flexibility index (Phi) is 6.10. The van der Waals surface area contributed by atoms with Crippen molar-refractivity contribution < 1.29 is 14.8 Å². The average molecular weight is 295 g/mol. The van der Waals surface area contributed by atoms with Crippen molar-refractivity contribution in [3.05, 3.63) is 39.9 Å². The van der Waals surface area contributed by atoms with Crippen molar-refractivity contribution in [1.29, 1.82) is 0 Å². The zero-order chi connectivity index (χ0) is 16.0. The predicted molar refractivity (Wildman–Crippen MR) is 79.0 cm³/mol. The first kappa shape index (κ1) is 16.9. The van der Waals surface area contributed by atoms with Crippen LogP contribution in [0.15, 0.2) is 24.3 Å². The molecule has 21 heavy (non-hydrogen) atoms. The first-order chi connectivity index (χ1) is 9.85. The van der Waals surface area contributed by atoms with Gasteiger partial charge >= 0.3 is 6.03 Å². The van der Waals surface area contributed by atoms with Gasteiger partial charge in [0.05, 0.1) is 17.1 Å². The van der Waals surface area contributed by atoms with E-state index < -0.39 is 11.0 Å². The lowest BCUT2D eigenvalue weighted by Gasteiger charge is -2.24. The normalized spacial score (nSPS) is 13.3. The van der Waals surface area contributed by atoms with E-state index in [1.807, 2.05) is 6.92 Å². The van der Waals surface area contributed by atoms with Gasteiger partial charge in [-0.3, -0.25) is 10.1 Å². The van der Waals surface area contributed by atoms with E-state index in [9.17, 15) is 20.0 Å². The molecule has 0 heterocycles. The number of nitro benzene ring substituents is 1. The molecule has 2 unspecified atom stereocenters. The van der Waals surface area contributed by atoms with Crippen LogP contribution in [0.3, 0.4) is 0 Å². The number of non-ortho nitro benzene ring substituents is 1. The molecule has 0 bridgehead atoms. The molecule has 0 radical (unpaired) electrons. The van der Waals surface area contributed by atoms with E-state index in [0.29, 0.717) is 12.0 Å². The summed E-state index contributed by atoms with van der Waals surface area (Å²) in [6, 6.07) is 5.58. The number of amides is 2. The smallest absolute Gasteiger partial charge is 0.317 e. The van der Waals surface area contributed by atoms with Crippen molar-refractivity contribution in [2.45, 2.75) is 32.4 Å². The molecule has 0 saturated carbocycles. The van der Waals surface area contributed by atoms with Crippen molar-refractivity contribution in [2.75, 3.05) is 13.6 Å². The van der Waals surface area contributed by atoms with E-state index in [1.165, 1.54) is 17.0 Å². The van der Waals surface area contributed by atoms with Crippen molar-refractivity contribution in [3.63, 3.8) is 0 Å². The fourth-order valence-electron chi connectivity index (χ4n) is 2.01. The van der Waals surface area contributed by atoms with Crippen LogP contribution in [0.2, 0.25) is 0 Å². The minimum Gasteiger partial charge on any atom is -0.392 e. The zero-order valence-electron chi connectivity index (χ0n) is 12.4. The molecule has 7 nitrogen and oxygen atoms in total. The largest absolute Gasteiger partial charge is 0.392 e. The fourth-order valence-corrected chi connectivity index (χ4v) is 2.01. The summed E-state index contributed by atoms with van der Waals surface area (Å²) in [6.45, 7) is 3.71. The number of hydrogen-bond acceptors (Lipinski definition) is 4. The summed E-state index contributed by atoms with van der Waals surface area (Å²) in [5.74, 6) is 0. The monoisotopic (exact) mass is 295 g/mol. The first-order valence-electron chi connectivity index (χ1n) is 6.79. The minimum atomic E-state index is -0.612.